The van der Waals surface area contributed by atoms with Crippen LogP contribution in [-0.4, -0.2) is 81.5 Å². The Hall–Kier alpha value is -2.90. The standard InChI is InChI=1S/C31H43N5O2/c1-5-23(2)30-32-28-11-10-25(34(3)16-17-35-18-20-38-21-19-35)22-27(28)31(33-30)36-14-12-24(13-15-36)26-8-6-7-9-29(26)37-4/h6-11,22-24H,5,12-21H2,1-4H3. The molecule has 204 valence electrons. The molecule has 0 bridgehead atoms. The fourth-order valence-electron chi connectivity index (χ4n) is 5.65. The van der Waals surface area contributed by atoms with Gasteiger partial charge in [0.05, 0.1) is 25.8 Å². The maximum Gasteiger partial charge on any atom is 0.140 e. The summed E-state index contributed by atoms with van der Waals surface area (Å²) in [5.74, 6) is 3.89. The summed E-state index contributed by atoms with van der Waals surface area (Å²) in [6, 6.07) is 15.2. The Bertz CT molecular complexity index is 1200. The van der Waals surface area contributed by atoms with E-state index in [0.29, 0.717) is 11.8 Å². The largest absolute Gasteiger partial charge is 0.496 e. The minimum absolute atomic E-state index is 0.333. The molecule has 0 spiro atoms. The van der Waals surface area contributed by atoms with Crippen LogP contribution < -0.4 is 14.5 Å². The van der Waals surface area contributed by atoms with E-state index < -0.39 is 0 Å². The van der Waals surface area contributed by atoms with Crippen molar-refractivity contribution >= 4 is 22.4 Å². The summed E-state index contributed by atoms with van der Waals surface area (Å²) in [5.41, 5.74) is 3.59. The number of para-hydroxylation sites is 1. The molecule has 0 N–H and O–H groups in total. The second-order valence-corrected chi connectivity index (χ2v) is 10.8. The number of aromatic nitrogens is 2. The first-order valence-electron chi connectivity index (χ1n) is 14.3. The van der Waals surface area contributed by atoms with Gasteiger partial charge in [0.25, 0.3) is 0 Å². The third-order valence-electron chi connectivity index (χ3n) is 8.40. The van der Waals surface area contributed by atoms with Crippen LogP contribution in [0, 0.1) is 0 Å². The second-order valence-electron chi connectivity index (χ2n) is 10.8. The highest BCUT2D eigenvalue weighted by Gasteiger charge is 2.26. The van der Waals surface area contributed by atoms with E-state index in [-0.39, 0.29) is 0 Å². The molecule has 0 radical (unpaired) electrons. The molecule has 2 aliphatic rings. The Kier molecular flexibility index (Phi) is 8.65. The van der Waals surface area contributed by atoms with Gasteiger partial charge in [0, 0.05) is 63.3 Å². The van der Waals surface area contributed by atoms with E-state index in [2.05, 4.69) is 78.1 Å². The molecule has 3 aromatic rings. The van der Waals surface area contributed by atoms with Gasteiger partial charge in [-0.05, 0) is 55.0 Å². The summed E-state index contributed by atoms with van der Waals surface area (Å²) in [5, 5.41) is 1.16. The van der Waals surface area contributed by atoms with Crippen molar-refractivity contribution in [3.63, 3.8) is 0 Å². The number of hydrogen-bond acceptors (Lipinski definition) is 7. The lowest BCUT2D eigenvalue weighted by atomic mass is 9.88. The number of anilines is 2. The monoisotopic (exact) mass is 517 g/mol. The summed E-state index contributed by atoms with van der Waals surface area (Å²) in [7, 11) is 3.96. The van der Waals surface area contributed by atoms with Crippen LogP contribution in [0.4, 0.5) is 11.5 Å². The number of benzene rings is 2. The van der Waals surface area contributed by atoms with Gasteiger partial charge in [-0.1, -0.05) is 32.0 Å². The second kappa shape index (κ2) is 12.3. The normalized spacial score (nSPS) is 18.1. The minimum atomic E-state index is 0.333. The van der Waals surface area contributed by atoms with Gasteiger partial charge < -0.3 is 19.3 Å². The zero-order chi connectivity index (χ0) is 26.5. The lowest BCUT2D eigenvalue weighted by Gasteiger charge is -2.34. The van der Waals surface area contributed by atoms with E-state index in [0.717, 1.165) is 100 Å². The van der Waals surface area contributed by atoms with Gasteiger partial charge in [-0.15, -0.1) is 0 Å². The molecule has 7 heteroatoms. The third kappa shape index (κ3) is 5.89. The van der Waals surface area contributed by atoms with Gasteiger partial charge in [0.1, 0.15) is 17.4 Å². The van der Waals surface area contributed by atoms with Crippen LogP contribution in [0.1, 0.15) is 56.3 Å². The van der Waals surface area contributed by atoms with Crippen molar-refractivity contribution in [3.05, 3.63) is 53.9 Å². The van der Waals surface area contributed by atoms with Crippen molar-refractivity contribution in [2.24, 2.45) is 0 Å². The molecule has 38 heavy (non-hydrogen) atoms. The predicted octanol–water partition coefficient (Wildman–Crippen LogP) is 5.30. The highest BCUT2D eigenvalue weighted by molar-refractivity contribution is 5.92. The molecule has 0 saturated carbocycles. The van der Waals surface area contributed by atoms with Gasteiger partial charge >= 0.3 is 0 Å². The third-order valence-corrected chi connectivity index (χ3v) is 8.40. The van der Waals surface area contributed by atoms with E-state index in [1.807, 2.05) is 0 Å². The van der Waals surface area contributed by atoms with Crippen molar-refractivity contribution in [3.8, 4) is 5.75 Å². The maximum atomic E-state index is 5.67. The Morgan fingerprint density at radius 1 is 1.05 bits per heavy atom. The maximum absolute atomic E-state index is 5.67. The van der Waals surface area contributed by atoms with Crippen molar-refractivity contribution in [1.29, 1.82) is 0 Å². The molecule has 0 amide bonds. The van der Waals surface area contributed by atoms with Crippen LogP contribution in [0.3, 0.4) is 0 Å². The molecule has 2 saturated heterocycles. The van der Waals surface area contributed by atoms with Crippen molar-refractivity contribution < 1.29 is 9.47 Å². The van der Waals surface area contributed by atoms with Crippen LogP contribution in [0.5, 0.6) is 5.75 Å². The number of hydrogen-bond donors (Lipinski definition) is 0. The van der Waals surface area contributed by atoms with Crippen molar-refractivity contribution in [2.75, 3.05) is 76.4 Å². The number of likely N-dealkylation sites (N-methyl/N-ethyl adjacent to an activating group) is 1. The van der Waals surface area contributed by atoms with E-state index >= 15 is 0 Å². The average Bonchev–Trinajstić information content (AvgIpc) is 2.99. The van der Waals surface area contributed by atoms with Gasteiger partial charge in [-0.2, -0.15) is 0 Å². The van der Waals surface area contributed by atoms with Crippen LogP contribution in [0.15, 0.2) is 42.5 Å². The Morgan fingerprint density at radius 3 is 2.55 bits per heavy atom. The fraction of sp³-hybridized carbons (Fsp3) is 0.548. The number of morpholine rings is 1. The summed E-state index contributed by atoms with van der Waals surface area (Å²) in [6.45, 7) is 12.1. The highest BCUT2D eigenvalue weighted by Crippen LogP contribution is 2.37. The van der Waals surface area contributed by atoms with Gasteiger partial charge in [-0.25, -0.2) is 9.97 Å². The molecular weight excluding hydrogens is 474 g/mol. The number of fused-ring (bicyclic) bond motifs is 1. The number of rotatable bonds is 9. The number of methoxy groups -OCH3 is 1. The van der Waals surface area contributed by atoms with Crippen LogP contribution in [0.25, 0.3) is 10.9 Å². The number of nitrogens with zero attached hydrogens (tertiary/aromatic N) is 5. The van der Waals surface area contributed by atoms with E-state index in [4.69, 9.17) is 19.4 Å². The van der Waals surface area contributed by atoms with Gasteiger partial charge in [-0.3, -0.25) is 4.90 Å². The molecule has 1 unspecified atom stereocenters. The Morgan fingerprint density at radius 2 is 1.82 bits per heavy atom. The lowest BCUT2D eigenvalue weighted by Crippen LogP contribution is -2.40. The first kappa shape index (κ1) is 26.7. The first-order chi connectivity index (χ1) is 18.6. The number of ether oxygens (including phenoxy) is 2. The Labute approximate surface area is 227 Å². The molecule has 2 aromatic carbocycles. The SMILES string of the molecule is CCC(C)c1nc(N2CCC(c3ccccc3OC)CC2)c2cc(N(C)CCN3CCOCC3)ccc2n1. The summed E-state index contributed by atoms with van der Waals surface area (Å²) >= 11 is 0. The van der Waals surface area contributed by atoms with Crippen molar-refractivity contribution in [1.82, 2.24) is 14.9 Å². The summed E-state index contributed by atoms with van der Waals surface area (Å²) < 4.78 is 11.2. The van der Waals surface area contributed by atoms with Crippen molar-refractivity contribution in [2.45, 2.75) is 44.9 Å². The molecule has 2 aliphatic heterocycles. The quantitative estimate of drug-likeness (QED) is 0.382. The smallest absolute Gasteiger partial charge is 0.140 e. The molecular formula is C31H43N5O2. The summed E-state index contributed by atoms with van der Waals surface area (Å²) in [6.07, 6.45) is 3.20. The minimum Gasteiger partial charge on any atom is -0.496 e. The molecule has 5 rings (SSSR count). The van der Waals surface area contributed by atoms with Gasteiger partial charge in [0.2, 0.25) is 0 Å². The number of piperidine rings is 1. The zero-order valence-corrected chi connectivity index (χ0v) is 23.5. The van der Waals surface area contributed by atoms with E-state index in [1.165, 1.54) is 11.3 Å². The molecule has 1 aromatic heterocycles. The molecule has 7 nitrogen and oxygen atoms in total. The lowest BCUT2D eigenvalue weighted by molar-refractivity contribution is 0.0393. The predicted molar refractivity (Wildman–Crippen MR) is 156 cm³/mol. The van der Waals surface area contributed by atoms with Crippen LogP contribution in [0.2, 0.25) is 0 Å². The van der Waals surface area contributed by atoms with Crippen LogP contribution in [-0.2, 0) is 4.74 Å². The molecule has 3 heterocycles. The fourth-order valence-corrected chi connectivity index (χ4v) is 5.65. The molecule has 1 atom stereocenters. The van der Waals surface area contributed by atoms with Crippen LogP contribution >= 0.6 is 0 Å². The zero-order valence-electron chi connectivity index (χ0n) is 23.5. The first-order valence-corrected chi connectivity index (χ1v) is 14.3. The molecule has 2 fully saturated rings. The van der Waals surface area contributed by atoms with E-state index in [9.17, 15) is 0 Å². The Balaban J connectivity index is 1.39. The van der Waals surface area contributed by atoms with E-state index in [1.54, 1.807) is 7.11 Å². The molecule has 0 aliphatic carbocycles. The van der Waals surface area contributed by atoms with Gasteiger partial charge in [0.15, 0.2) is 0 Å². The topological polar surface area (TPSA) is 54.0 Å². The summed E-state index contributed by atoms with van der Waals surface area (Å²) in [4.78, 5) is 17.5. The average molecular weight is 518 g/mol. The highest BCUT2D eigenvalue weighted by atomic mass is 16.5.